The van der Waals surface area contributed by atoms with Gasteiger partial charge in [-0.05, 0) is 46.4 Å². The smallest absolute Gasteiger partial charge is 0.0991 e. The number of benzene rings is 3. The summed E-state index contributed by atoms with van der Waals surface area (Å²) in [6, 6.07) is 30.2. The Kier molecular flexibility index (Phi) is 6.66. The van der Waals surface area contributed by atoms with Gasteiger partial charge in [0.15, 0.2) is 0 Å². The van der Waals surface area contributed by atoms with Gasteiger partial charge in [0.1, 0.15) is 0 Å². The molecule has 0 atom stereocenters. The van der Waals surface area contributed by atoms with E-state index in [4.69, 9.17) is 10.00 Å². The van der Waals surface area contributed by atoms with Crippen molar-refractivity contribution in [2.24, 2.45) is 0 Å². The quantitative estimate of drug-likeness (QED) is 0.493. The predicted molar refractivity (Wildman–Crippen MR) is 108 cm³/mol. The topological polar surface area (TPSA) is 33.0 Å². The zero-order valence-corrected chi connectivity index (χ0v) is 15.2. The molecule has 0 saturated carbocycles. The minimum atomic E-state index is 0.482. The second-order valence-corrected chi connectivity index (χ2v) is 6.69. The van der Waals surface area contributed by atoms with Crippen LogP contribution < -0.4 is 0 Å². The van der Waals surface area contributed by atoms with Gasteiger partial charge in [-0.25, -0.2) is 0 Å². The molecule has 3 heteroatoms. The fourth-order valence-corrected chi connectivity index (χ4v) is 3.28. The molecule has 0 bridgehead atoms. The minimum Gasteiger partial charge on any atom is -0.372 e. The van der Waals surface area contributed by atoms with Crippen LogP contribution in [-0.4, -0.2) is 6.61 Å². The molecule has 26 heavy (non-hydrogen) atoms. The Hall–Kier alpha value is -2.80. The number of thioether (sulfide) groups is 1. The third-order valence-electron chi connectivity index (χ3n) is 3.81. The van der Waals surface area contributed by atoms with Gasteiger partial charge in [0.2, 0.25) is 0 Å². The van der Waals surface area contributed by atoms with Crippen molar-refractivity contribution in [2.75, 3.05) is 6.61 Å². The van der Waals surface area contributed by atoms with Crippen LogP contribution in [-0.2, 0) is 11.3 Å². The molecule has 0 radical (unpaired) electrons. The first-order valence-electron chi connectivity index (χ1n) is 8.38. The van der Waals surface area contributed by atoms with Gasteiger partial charge in [-0.1, -0.05) is 72.4 Å². The molecule has 0 spiro atoms. The first-order chi connectivity index (χ1) is 12.8. The molecule has 3 rings (SSSR count). The van der Waals surface area contributed by atoms with E-state index in [1.54, 1.807) is 17.8 Å². The molecule has 0 fully saturated rings. The average molecular weight is 357 g/mol. The average Bonchev–Trinajstić information content (AvgIpc) is 2.72. The van der Waals surface area contributed by atoms with Crippen molar-refractivity contribution in [3.05, 3.63) is 107 Å². The van der Waals surface area contributed by atoms with E-state index in [0.717, 1.165) is 16.7 Å². The summed E-state index contributed by atoms with van der Waals surface area (Å²) < 4.78 is 5.93. The van der Waals surface area contributed by atoms with E-state index in [2.05, 4.69) is 35.7 Å². The maximum absolute atomic E-state index is 9.00. The lowest BCUT2D eigenvalue weighted by molar-refractivity contribution is 0.153. The van der Waals surface area contributed by atoms with Crippen LogP contribution in [0, 0.1) is 11.3 Å². The highest BCUT2D eigenvalue weighted by Gasteiger charge is 2.03. The predicted octanol–water partition coefficient (Wildman–Crippen LogP) is 5.91. The summed E-state index contributed by atoms with van der Waals surface area (Å²) in [4.78, 5) is 1.20. The summed E-state index contributed by atoms with van der Waals surface area (Å²) in [7, 11) is 0. The van der Waals surface area contributed by atoms with Gasteiger partial charge in [0.25, 0.3) is 0 Å². The monoisotopic (exact) mass is 357 g/mol. The van der Waals surface area contributed by atoms with E-state index < -0.39 is 0 Å². The number of hydrogen-bond donors (Lipinski definition) is 0. The summed E-state index contributed by atoms with van der Waals surface area (Å²) in [6.45, 7) is 0.996. The third kappa shape index (κ3) is 5.35. The highest BCUT2D eigenvalue weighted by atomic mass is 32.2. The van der Waals surface area contributed by atoms with Crippen LogP contribution in [0.15, 0.2) is 95.2 Å². The van der Waals surface area contributed by atoms with Gasteiger partial charge in [0, 0.05) is 4.90 Å². The van der Waals surface area contributed by atoms with E-state index in [9.17, 15) is 0 Å². The molecule has 0 aliphatic carbocycles. The zero-order valence-electron chi connectivity index (χ0n) is 14.3. The molecule has 0 heterocycles. The Morgan fingerprint density at radius 2 is 1.65 bits per heavy atom. The number of rotatable bonds is 7. The summed E-state index contributed by atoms with van der Waals surface area (Å²) >= 11 is 1.69. The molecule has 3 aromatic carbocycles. The van der Waals surface area contributed by atoms with E-state index in [1.165, 1.54) is 4.90 Å². The van der Waals surface area contributed by atoms with Crippen LogP contribution in [0.2, 0.25) is 0 Å². The molecule has 128 valence electrons. The second-order valence-electron chi connectivity index (χ2n) is 5.74. The summed E-state index contributed by atoms with van der Waals surface area (Å²) in [6.07, 6.45) is 0. The standard InChI is InChI=1S/C23H19NOS/c24-15-19-8-7-9-20(14-19)16-25-17-22(21-10-3-1-4-11-21)18-26-23-12-5-2-6-13-23/h1-14,18H,16-17H2/b22-18+. The summed E-state index contributed by atoms with van der Waals surface area (Å²) in [5.41, 5.74) is 3.95. The lowest BCUT2D eigenvalue weighted by Crippen LogP contribution is -1.99. The molecule has 0 aliphatic rings. The molecule has 2 nitrogen and oxygen atoms in total. The molecule has 0 N–H and O–H groups in total. The largest absolute Gasteiger partial charge is 0.372 e. The third-order valence-corrected chi connectivity index (χ3v) is 4.75. The minimum absolute atomic E-state index is 0.482. The fraction of sp³-hybridized carbons (Fsp3) is 0.0870. The van der Waals surface area contributed by atoms with Gasteiger partial charge in [-0.15, -0.1) is 0 Å². The number of nitriles is 1. The zero-order chi connectivity index (χ0) is 18.0. The molecule has 0 aliphatic heterocycles. The van der Waals surface area contributed by atoms with Crippen LogP contribution >= 0.6 is 11.8 Å². The lowest BCUT2D eigenvalue weighted by Gasteiger charge is -2.10. The first kappa shape index (κ1) is 18.0. The van der Waals surface area contributed by atoms with Crippen LogP contribution in [0.3, 0.4) is 0 Å². The van der Waals surface area contributed by atoms with Gasteiger partial charge in [-0.3, -0.25) is 0 Å². The van der Waals surface area contributed by atoms with Crippen LogP contribution in [0.25, 0.3) is 5.57 Å². The van der Waals surface area contributed by atoms with Crippen molar-refractivity contribution < 1.29 is 4.74 Å². The number of ether oxygens (including phenoxy) is 1. The van der Waals surface area contributed by atoms with Crippen molar-refractivity contribution in [2.45, 2.75) is 11.5 Å². The Labute approximate surface area is 158 Å². The van der Waals surface area contributed by atoms with Crippen LogP contribution in [0.4, 0.5) is 0 Å². The van der Waals surface area contributed by atoms with E-state index in [-0.39, 0.29) is 0 Å². The highest BCUT2D eigenvalue weighted by molar-refractivity contribution is 8.02. The molecule has 0 saturated heterocycles. The molecule has 0 unspecified atom stereocenters. The van der Waals surface area contributed by atoms with Gasteiger partial charge in [0.05, 0.1) is 24.8 Å². The second kappa shape index (κ2) is 9.62. The van der Waals surface area contributed by atoms with E-state index >= 15 is 0 Å². The van der Waals surface area contributed by atoms with E-state index in [0.29, 0.717) is 18.8 Å². The first-order valence-corrected chi connectivity index (χ1v) is 9.26. The Bertz CT molecular complexity index is 898. The summed E-state index contributed by atoms with van der Waals surface area (Å²) in [5, 5.41) is 11.1. The highest BCUT2D eigenvalue weighted by Crippen LogP contribution is 2.25. The van der Waals surface area contributed by atoms with Gasteiger partial charge < -0.3 is 4.74 Å². The van der Waals surface area contributed by atoms with Crippen molar-refractivity contribution in [1.29, 1.82) is 5.26 Å². The molecule has 3 aromatic rings. The Balaban J connectivity index is 1.68. The van der Waals surface area contributed by atoms with Crippen molar-refractivity contribution in [3.63, 3.8) is 0 Å². The number of nitrogens with zero attached hydrogens (tertiary/aromatic N) is 1. The molecular formula is C23H19NOS. The lowest BCUT2D eigenvalue weighted by atomic mass is 10.1. The van der Waals surface area contributed by atoms with Crippen LogP contribution in [0.1, 0.15) is 16.7 Å². The molecule has 0 amide bonds. The maximum atomic E-state index is 9.00. The molecule has 0 aromatic heterocycles. The van der Waals surface area contributed by atoms with Gasteiger partial charge in [-0.2, -0.15) is 5.26 Å². The van der Waals surface area contributed by atoms with Crippen molar-refractivity contribution in [1.82, 2.24) is 0 Å². The number of hydrogen-bond acceptors (Lipinski definition) is 3. The Morgan fingerprint density at radius 1 is 0.923 bits per heavy atom. The van der Waals surface area contributed by atoms with Crippen LogP contribution in [0.5, 0.6) is 0 Å². The normalized spacial score (nSPS) is 11.1. The summed E-state index contributed by atoms with van der Waals surface area (Å²) in [5.74, 6) is 0. The molecular weight excluding hydrogens is 338 g/mol. The van der Waals surface area contributed by atoms with Crippen molar-refractivity contribution in [3.8, 4) is 6.07 Å². The van der Waals surface area contributed by atoms with E-state index in [1.807, 2.05) is 54.6 Å². The van der Waals surface area contributed by atoms with Gasteiger partial charge >= 0.3 is 0 Å². The Morgan fingerprint density at radius 3 is 2.38 bits per heavy atom. The fourth-order valence-electron chi connectivity index (χ4n) is 2.49. The van der Waals surface area contributed by atoms with Crippen molar-refractivity contribution >= 4 is 17.3 Å². The maximum Gasteiger partial charge on any atom is 0.0991 e. The SMILES string of the molecule is N#Cc1cccc(COC/C(=C\Sc2ccccc2)c2ccccc2)c1.